The lowest BCUT2D eigenvalue weighted by Crippen LogP contribution is -2.27. The van der Waals surface area contributed by atoms with Crippen molar-refractivity contribution in [2.75, 3.05) is 38.7 Å². The van der Waals surface area contributed by atoms with Crippen molar-refractivity contribution in [3.8, 4) is 17.0 Å². The van der Waals surface area contributed by atoms with Crippen LogP contribution in [0.5, 0.6) is 5.75 Å². The summed E-state index contributed by atoms with van der Waals surface area (Å²) in [5.74, 6) is 0.994. The molecule has 2 aromatic carbocycles. The van der Waals surface area contributed by atoms with Gasteiger partial charge in [-0.3, -0.25) is 0 Å². The number of nitrogens with zero attached hydrogens (tertiary/aromatic N) is 3. The summed E-state index contributed by atoms with van der Waals surface area (Å²) >= 11 is 0. The van der Waals surface area contributed by atoms with Crippen LogP contribution in [-0.4, -0.2) is 54.2 Å². The van der Waals surface area contributed by atoms with Gasteiger partial charge >= 0.3 is 5.97 Å². The average Bonchev–Trinajstić information content (AvgIpc) is 2.87. The molecule has 0 unspecified atom stereocenters. The molecule has 0 atom stereocenters. The summed E-state index contributed by atoms with van der Waals surface area (Å²) < 4.78 is 10.9. The summed E-state index contributed by atoms with van der Waals surface area (Å²) in [4.78, 5) is 24.0. The predicted octanol–water partition coefficient (Wildman–Crippen LogP) is 5.23. The summed E-state index contributed by atoms with van der Waals surface area (Å²) in [7, 11) is 1.67. The molecule has 0 radical (unpaired) electrons. The molecule has 0 spiro atoms. The maximum Gasteiger partial charge on any atom is 0.338 e. The van der Waals surface area contributed by atoms with Crippen molar-refractivity contribution in [3.05, 3.63) is 65.4 Å². The van der Waals surface area contributed by atoms with E-state index in [0.29, 0.717) is 18.1 Å². The van der Waals surface area contributed by atoms with E-state index in [0.717, 1.165) is 54.3 Å². The summed E-state index contributed by atoms with van der Waals surface area (Å²) in [5.41, 5.74) is 5.66. The van der Waals surface area contributed by atoms with Gasteiger partial charge in [0.05, 0.1) is 18.4 Å². The molecule has 35 heavy (non-hydrogen) atoms. The van der Waals surface area contributed by atoms with Crippen molar-refractivity contribution in [2.45, 2.75) is 39.5 Å². The van der Waals surface area contributed by atoms with E-state index < -0.39 is 0 Å². The van der Waals surface area contributed by atoms with Crippen molar-refractivity contribution in [1.82, 2.24) is 14.9 Å². The standard InChI is InChI=1S/C28H34N4O3/c1-6-32(7-2)14-15-35-26(33)19-8-10-21(11-9-19)30-27-29-18-20-17-28(3,4)24-13-12-22(34-5)16-23(24)25(20)31-27/h8-13,16,18H,6-7,14-15,17H2,1-5H3,(H,29,30,31). The number of methoxy groups -OCH3 is 1. The Morgan fingerprint density at radius 2 is 1.86 bits per heavy atom. The first-order valence-electron chi connectivity index (χ1n) is 12.2. The van der Waals surface area contributed by atoms with E-state index in [2.05, 4.69) is 49.0 Å². The number of fused-ring (bicyclic) bond motifs is 3. The average molecular weight is 475 g/mol. The van der Waals surface area contributed by atoms with Crippen LogP contribution in [0, 0.1) is 0 Å². The van der Waals surface area contributed by atoms with Gasteiger partial charge in [0.2, 0.25) is 5.95 Å². The molecule has 1 aliphatic carbocycles. The van der Waals surface area contributed by atoms with E-state index in [4.69, 9.17) is 14.5 Å². The highest BCUT2D eigenvalue weighted by Gasteiger charge is 2.32. The van der Waals surface area contributed by atoms with Gasteiger partial charge in [0.15, 0.2) is 0 Å². The van der Waals surface area contributed by atoms with Crippen LogP contribution in [0.15, 0.2) is 48.7 Å². The maximum absolute atomic E-state index is 12.4. The Morgan fingerprint density at radius 1 is 1.11 bits per heavy atom. The molecule has 0 bridgehead atoms. The van der Waals surface area contributed by atoms with E-state index in [1.807, 2.05) is 30.5 Å². The van der Waals surface area contributed by atoms with E-state index >= 15 is 0 Å². The molecule has 3 aromatic rings. The predicted molar refractivity (Wildman–Crippen MR) is 139 cm³/mol. The molecule has 1 aliphatic rings. The zero-order valence-electron chi connectivity index (χ0n) is 21.2. The second kappa shape index (κ2) is 10.4. The molecule has 0 fully saturated rings. The number of hydrogen-bond donors (Lipinski definition) is 1. The number of nitrogens with one attached hydrogen (secondary N) is 1. The lowest BCUT2D eigenvalue weighted by molar-refractivity contribution is 0.0466. The van der Waals surface area contributed by atoms with Gasteiger partial charge in [-0.05, 0) is 72.5 Å². The Labute approximate surface area is 207 Å². The van der Waals surface area contributed by atoms with E-state index in [1.54, 1.807) is 19.2 Å². The monoisotopic (exact) mass is 474 g/mol. The lowest BCUT2D eigenvalue weighted by atomic mass is 9.72. The number of esters is 1. The molecule has 0 saturated heterocycles. The Kier molecular flexibility index (Phi) is 7.36. The summed E-state index contributed by atoms with van der Waals surface area (Å²) in [5, 5.41) is 3.26. The Balaban J connectivity index is 1.48. The van der Waals surface area contributed by atoms with Crippen LogP contribution in [0.4, 0.5) is 11.6 Å². The van der Waals surface area contributed by atoms with Crippen molar-refractivity contribution < 1.29 is 14.3 Å². The molecule has 0 amide bonds. The minimum Gasteiger partial charge on any atom is -0.497 e. The maximum atomic E-state index is 12.4. The van der Waals surface area contributed by atoms with Gasteiger partial charge in [-0.25, -0.2) is 14.8 Å². The second-order valence-corrected chi connectivity index (χ2v) is 9.40. The molecule has 184 valence electrons. The van der Waals surface area contributed by atoms with Gasteiger partial charge in [-0.2, -0.15) is 0 Å². The highest BCUT2D eigenvalue weighted by atomic mass is 16.5. The van der Waals surface area contributed by atoms with Crippen molar-refractivity contribution in [2.24, 2.45) is 0 Å². The van der Waals surface area contributed by atoms with Gasteiger partial charge < -0.3 is 19.7 Å². The van der Waals surface area contributed by atoms with Gasteiger partial charge in [0, 0.05) is 24.0 Å². The molecule has 0 saturated carbocycles. The second-order valence-electron chi connectivity index (χ2n) is 9.40. The van der Waals surface area contributed by atoms with Crippen LogP contribution in [0.25, 0.3) is 11.3 Å². The third-order valence-electron chi connectivity index (χ3n) is 6.62. The van der Waals surface area contributed by atoms with Gasteiger partial charge in [0.25, 0.3) is 0 Å². The number of hydrogen-bond acceptors (Lipinski definition) is 7. The molecule has 1 aromatic heterocycles. The first kappa shape index (κ1) is 24.7. The number of anilines is 2. The van der Waals surface area contributed by atoms with Gasteiger partial charge in [-0.1, -0.05) is 33.8 Å². The molecular weight excluding hydrogens is 440 g/mol. The van der Waals surface area contributed by atoms with Gasteiger partial charge in [-0.15, -0.1) is 0 Å². The van der Waals surface area contributed by atoms with E-state index in [9.17, 15) is 4.79 Å². The summed E-state index contributed by atoms with van der Waals surface area (Å²) in [6, 6.07) is 13.4. The molecule has 0 aliphatic heterocycles. The third kappa shape index (κ3) is 5.46. The van der Waals surface area contributed by atoms with Crippen molar-refractivity contribution in [1.29, 1.82) is 0 Å². The van der Waals surface area contributed by atoms with E-state index in [1.165, 1.54) is 5.56 Å². The number of carbonyl (C=O) groups is 1. The van der Waals surface area contributed by atoms with Gasteiger partial charge in [0.1, 0.15) is 12.4 Å². The highest BCUT2D eigenvalue weighted by molar-refractivity contribution is 5.90. The van der Waals surface area contributed by atoms with Crippen LogP contribution in [0.1, 0.15) is 49.2 Å². The lowest BCUT2D eigenvalue weighted by Gasteiger charge is -2.33. The number of benzene rings is 2. The third-order valence-corrected chi connectivity index (χ3v) is 6.62. The Morgan fingerprint density at radius 3 is 2.54 bits per heavy atom. The zero-order valence-corrected chi connectivity index (χ0v) is 21.2. The summed E-state index contributed by atoms with van der Waals surface area (Å²) in [6.45, 7) is 11.7. The fraction of sp³-hybridized carbons (Fsp3) is 0.393. The molecule has 1 N–H and O–H groups in total. The first-order valence-corrected chi connectivity index (χ1v) is 12.2. The largest absolute Gasteiger partial charge is 0.497 e. The highest BCUT2D eigenvalue weighted by Crippen LogP contribution is 2.43. The van der Waals surface area contributed by atoms with E-state index in [-0.39, 0.29) is 11.4 Å². The number of rotatable bonds is 9. The number of carbonyl (C=O) groups excluding carboxylic acids is 1. The van der Waals surface area contributed by atoms with Crippen molar-refractivity contribution in [3.63, 3.8) is 0 Å². The quantitative estimate of drug-likeness (QED) is 0.426. The normalized spacial score (nSPS) is 13.7. The first-order chi connectivity index (χ1) is 16.8. The fourth-order valence-corrected chi connectivity index (χ4v) is 4.55. The van der Waals surface area contributed by atoms with Crippen LogP contribution in [-0.2, 0) is 16.6 Å². The SMILES string of the molecule is CCN(CC)CCOC(=O)c1ccc(Nc2ncc3c(n2)-c2cc(OC)ccc2C(C)(C)C3)cc1. The van der Waals surface area contributed by atoms with Crippen molar-refractivity contribution >= 4 is 17.6 Å². The van der Waals surface area contributed by atoms with Crippen LogP contribution >= 0.6 is 0 Å². The van der Waals surface area contributed by atoms with Crippen LogP contribution < -0.4 is 10.1 Å². The number of ether oxygens (including phenoxy) is 2. The minimum atomic E-state index is -0.318. The summed E-state index contributed by atoms with van der Waals surface area (Å²) in [6.07, 6.45) is 2.77. The Hall–Kier alpha value is -3.45. The smallest absolute Gasteiger partial charge is 0.338 e. The topological polar surface area (TPSA) is 76.6 Å². The molecule has 7 heteroatoms. The Bertz CT molecular complexity index is 1190. The van der Waals surface area contributed by atoms with Crippen LogP contribution in [0.3, 0.4) is 0 Å². The minimum absolute atomic E-state index is 0.0112. The molecule has 7 nitrogen and oxygen atoms in total. The molecule has 4 rings (SSSR count). The van der Waals surface area contributed by atoms with Crippen LogP contribution in [0.2, 0.25) is 0 Å². The zero-order chi connectivity index (χ0) is 25.0. The fourth-order valence-electron chi connectivity index (χ4n) is 4.55. The molecule has 1 heterocycles. The number of aromatic nitrogens is 2. The molecular formula is C28H34N4O3. The number of likely N-dealkylation sites (N-methyl/N-ethyl adjacent to an activating group) is 1.